The molecule has 0 unspecified atom stereocenters. The standard InChI is InChI=1S/C22H26N4/c1-5-18(16-21(8-1)26-13-4-10-23-12-14-26)15-19-6-3-11-25-22(19)20-7-2-9-24-17-20/h1-2,5,7-9,15-17,23H,3-4,6,10-14H2/b19-15+. The number of nitrogens with one attached hydrogen (secondary N) is 1. The number of pyridine rings is 1. The smallest absolute Gasteiger partial charge is 0.0694 e. The first-order valence-corrected chi connectivity index (χ1v) is 9.62. The van der Waals surface area contributed by atoms with E-state index < -0.39 is 0 Å². The second kappa shape index (κ2) is 8.28. The van der Waals surface area contributed by atoms with Crippen LogP contribution in [0.25, 0.3) is 6.08 Å². The monoisotopic (exact) mass is 346 g/mol. The fourth-order valence-corrected chi connectivity index (χ4v) is 3.72. The van der Waals surface area contributed by atoms with E-state index in [0.717, 1.165) is 56.8 Å². The van der Waals surface area contributed by atoms with Gasteiger partial charge in [-0.15, -0.1) is 0 Å². The van der Waals surface area contributed by atoms with Gasteiger partial charge in [-0.2, -0.15) is 0 Å². The maximum atomic E-state index is 4.79. The molecule has 0 spiro atoms. The van der Waals surface area contributed by atoms with Crippen molar-refractivity contribution >= 4 is 17.5 Å². The van der Waals surface area contributed by atoms with E-state index in [9.17, 15) is 0 Å². The number of nitrogens with zero attached hydrogens (tertiary/aromatic N) is 3. The largest absolute Gasteiger partial charge is 0.370 e. The molecule has 2 aliphatic rings. The molecule has 1 aromatic carbocycles. The summed E-state index contributed by atoms with van der Waals surface area (Å²) in [5, 5.41) is 3.48. The molecule has 0 atom stereocenters. The fraction of sp³-hybridized carbons (Fsp3) is 0.364. The van der Waals surface area contributed by atoms with Gasteiger partial charge in [0.2, 0.25) is 0 Å². The number of hydrogen-bond acceptors (Lipinski definition) is 4. The van der Waals surface area contributed by atoms with E-state index in [4.69, 9.17) is 4.99 Å². The molecule has 1 N–H and O–H groups in total. The predicted octanol–water partition coefficient (Wildman–Crippen LogP) is 3.55. The minimum Gasteiger partial charge on any atom is -0.370 e. The maximum absolute atomic E-state index is 4.79. The van der Waals surface area contributed by atoms with Crippen molar-refractivity contribution < 1.29 is 0 Å². The molecule has 2 aliphatic heterocycles. The Hall–Kier alpha value is -2.46. The summed E-state index contributed by atoms with van der Waals surface area (Å²) in [7, 11) is 0. The normalized spacial score (nSPS) is 19.9. The van der Waals surface area contributed by atoms with E-state index in [1.807, 2.05) is 18.5 Å². The van der Waals surface area contributed by atoms with Crippen LogP contribution >= 0.6 is 0 Å². The molecule has 0 amide bonds. The van der Waals surface area contributed by atoms with Gasteiger partial charge in [0, 0.05) is 49.8 Å². The van der Waals surface area contributed by atoms with Gasteiger partial charge < -0.3 is 10.2 Å². The number of aromatic nitrogens is 1. The van der Waals surface area contributed by atoms with Crippen molar-refractivity contribution in [1.82, 2.24) is 10.3 Å². The van der Waals surface area contributed by atoms with Gasteiger partial charge in [-0.05, 0) is 67.3 Å². The van der Waals surface area contributed by atoms with Gasteiger partial charge >= 0.3 is 0 Å². The topological polar surface area (TPSA) is 40.5 Å². The van der Waals surface area contributed by atoms with Crippen LogP contribution < -0.4 is 10.2 Å². The van der Waals surface area contributed by atoms with E-state index in [2.05, 4.69) is 51.6 Å². The second-order valence-electron chi connectivity index (χ2n) is 6.93. The van der Waals surface area contributed by atoms with Crippen LogP contribution in [0.2, 0.25) is 0 Å². The highest BCUT2D eigenvalue weighted by molar-refractivity contribution is 6.15. The Morgan fingerprint density at radius 3 is 2.96 bits per heavy atom. The van der Waals surface area contributed by atoms with Crippen LogP contribution in [-0.4, -0.2) is 43.4 Å². The molecule has 4 heteroatoms. The SMILES string of the molecule is C(=C1/CCCN=C1c1cccnc1)/c1cccc(N2CCCNCC2)c1. The van der Waals surface area contributed by atoms with Crippen LogP contribution in [0.3, 0.4) is 0 Å². The van der Waals surface area contributed by atoms with Crippen LogP contribution in [0.15, 0.2) is 59.4 Å². The zero-order valence-electron chi connectivity index (χ0n) is 15.2. The molecule has 4 rings (SSSR count). The number of hydrogen-bond donors (Lipinski definition) is 1. The van der Waals surface area contributed by atoms with Crippen molar-refractivity contribution in [3.05, 3.63) is 65.5 Å². The summed E-state index contributed by atoms with van der Waals surface area (Å²) >= 11 is 0. The summed E-state index contributed by atoms with van der Waals surface area (Å²) in [4.78, 5) is 11.5. The Morgan fingerprint density at radius 1 is 1.04 bits per heavy atom. The van der Waals surface area contributed by atoms with Gasteiger partial charge in [-0.25, -0.2) is 0 Å². The van der Waals surface area contributed by atoms with Crippen molar-refractivity contribution in [2.75, 3.05) is 37.6 Å². The molecule has 26 heavy (non-hydrogen) atoms. The number of aliphatic imine (C=N–C) groups is 1. The number of benzene rings is 1. The van der Waals surface area contributed by atoms with Crippen molar-refractivity contribution in [3.8, 4) is 0 Å². The van der Waals surface area contributed by atoms with Crippen molar-refractivity contribution in [2.45, 2.75) is 19.3 Å². The first kappa shape index (κ1) is 17.0. The summed E-state index contributed by atoms with van der Waals surface area (Å²) in [5.74, 6) is 0. The van der Waals surface area contributed by atoms with Crippen LogP contribution in [0.4, 0.5) is 5.69 Å². The van der Waals surface area contributed by atoms with Crippen molar-refractivity contribution in [3.63, 3.8) is 0 Å². The van der Waals surface area contributed by atoms with Crippen LogP contribution in [-0.2, 0) is 0 Å². The highest BCUT2D eigenvalue weighted by Crippen LogP contribution is 2.24. The molecule has 1 fully saturated rings. The lowest BCUT2D eigenvalue weighted by molar-refractivity contribution is 0.724. The number of allylic oxidation sites excluding steroid dienone is 1. The molecule has 0 saturated carbocycles. The van der Waals surface area contributed by atoms with Crippen molar-refractivity contribution in [2.24, 2.45) is 4.99 Å². The Balaban J connectivity index is 1.61. The van der Waals surface area contributed by atoms with Gasteiger partial charge in [0.05, 0.1) is 5.71 Å². The average Bonchev–Trinajstić information content (AvgIpc) is 2.99. The molecular weight excluding hydrogens is 320 g/mol. The average molecular weight is 346 g/mol. The third-order valence-corrected chi connectivity index (χ3v) is 5.03. The summed E-state index contributed by atoms with van der Waals surface area (Å²) in [5.41, 5.74) is 6.12. The van der Waals surface area contributed by atoms with E-state index in [0.29, 0.717) is 0 Å². The van der Waals surface area contributed by atoms with Crippen LogP contribution in [0.1, 0.15) is 30.4 Å². The maximum Gasteiger partial charge on any atom is 0.0694 e. The Labute approximate surface area is 155 Å². The Morgan fingerprint density at radius 2 is 2.04 bits per heavy atom. The molecule has 2 aromatic rings. The van der Waals surface area contributed by atoms with Gasteiger partial charge in [0.1, 0.15) is 0 Å². The quantitative estimate of drug-likeness (QED) is 0.924. The highest BCUT2D eigenvalue weighted by Gasteiger charge is 2.15. The third kappa shape index (κ3) is 4.02. The zero-order valence-corrected chi connectivity index (χ0v) is 15.2. The zero-order chi connectivity index (χ0) is 17.6. The van der Waals surface area contributed by atoms with E-state index in [1.165, 1.54) is 23.2 Å². The lowest BCUT2D eigenvalue weighted by Crippen LogP contribution is -2.27. The summed E-state index contributed by atoms with van der Waals surface area (Å²) in [6, 6.07) is 13.0. The van der Waals surface area contributed by atoms with Gasteiger partial charge in [-0.1, -0.05) is 12.1 Å². The minimum absolute atomic E-state index is 0.905. The van der Waals surface area contributed by atoms with Crippen LogP contribution in [0, 0.1) is 0 Å². The Kier molecular flexibility index (Phi) is 5.41. The fourth-order valence-electron chi connectivity index (χ4n) is 3.72. The minimum atomic E-state index is 0.905. The molecule has 0 radical (unpaired) electrons. The summed E-state index contributed by atoms with van der Waals surface area (Å²) in [6.07, 6.45) is 9.43. The third-order valence-electron chi connectivity index (χ3n) is 5.03. The van der Waals surface area contributed by atoms with Gasteiger partial charge in [0.15, 0.2) is 0 Å². The number of rotatable bonds is 3. The van der Waals surface area contributed by atoms with Crippen LogP contribution in [0.5, 0.6) is 0 Å². The second-order valence-corrected chi connectivity index (χ2v) is 6.93. The molecule has 134 valence electrons. The number of anilines is 1. The van der Waals surface area contributed by atoms with Crippen molar-refractivity contribution in [1.29, 1.82) is 0 Å². The van der Waals surface area contributed by atoms with E-state index in [1.54, 1.807) is 0 Å². The molecule has 1 aromatic heterocycles. The molecule has 0 bridgehead atoms. The molecular formula is C22H26N4. The van der Waals surface area contributed by atoms with Gasteiger partial charge in [-0.3, -0.25) is 9.98 Å². The predicted molar refractivity (Wildman–Crippen MR) is 109 cm³/mol. The lowest BCUT2D eigenvalue weighted by atomic mass is 9.95. The highest BCUT2D eigenvalue weighted by atomic mass is 15.2. The lowest BCUT2D eigenvalue weighted by Gasteiger charge is -2.23. The summed E-state index contributed by atoms with van der Waals surface area (Å²) < 4.78 is 0. The molecule has 1 saturated heterocycles. The first-order chi connectivity index (χ1) is 12.9. The van der Waals surface area contributed by atoms with E-state index in [-0.39, 0.29) is 0 Å². The Bertz CT molecular complexity index is 787. The summed E-state index contributed by atoms with van der Waals surface area (Å²) in [6.45, 7) is 5.27. The molecule has 4 nitrogen and oxygen atoms in total. The first-order valence-electron chi connectivity index (χ1n) is 9.62. The van der Waals surface area contributed by atoms with Gasteiger partial charge in [0.25, 0.3) is 0 Å². The molecule has 0 aliphatic carbocycles. The van der Waals surface area contributed by atoms with E-state index >= 15 is 0 Å². The molecule has 3 heterocycles.